The molecule has 0 spiro atoms. The van der Waals surface area contributed by atoms with Gasteiger partial charge < -0.3 is 15.0 Å². The maximum Gasteiger partial charge on any atom is 0.328 e. The molecule has 3 heterocycles. The lowest BCUT2D eigenvalue weighted by atomic mass is 10.0. The number of nitrogens with zero attached hydrogens (tertiary/aromatic N) is 2. The number of aromatic nitrogens is 3. The highest BCUT2D eigenvalue weighted by molar-refractivity contribution is 7.20. The molecule has 7 nitrogen and oxygen atoms in total. The number of esters is 1. The average molecular weight is 473 g/mol. The van der Waals surface area contributed by atoms with Crippen LogP contribution in [-0.4, -0.2) is 39.8 Å². The highest BCUT2D eigenvalue weighted by atomic mass is 32.1. The maximum absolute atomic E-state index is 13.2. The molecule has 0 aliphatic rings. The number of fused-ring (bicyclic) bond motifs is 2. The number of hydrogen-bond donors (Lipinski definition) is 2. The molecular weight excluding hydrogens is 448 g/mol. The molecule has 5 rings (SSSR count). The summed E-state index contributed by atoms with van der Waals surface area (Å²) in [6, 6.07) is 19.0. The Bertz CT molecular complexity index is 1480. The van der Waals surface area contributed by atoms with E-state index in [1.807, 2.05) is 66.3 Å². The van der Waals surface area contributed by atoms with E-state index < -0.39 is 12.0 Å². The summed E-state index contributed by atoms with van der Waals surface area (Å²) in [5.74, 6) is -0.784. The van der Waals surface area contributed by atoms with E-state index in [1.165, 1.54) is 18.4 Å². The number of aryl methyl sites for hydroxylation is 1. The number of methoxy groups -OCH3 is 1. The second-order valence-corrected chi connectivity index (χ2v) is 9.20. The quantitative estimate of drug-likeness (QED) is 0.343. The molecule has 0 unspecified atom stereocenters. The van der Waals surface area contributed by atoms with Gasteiger partial charge >= 0.3 is 5.97 Å². The highest BCUT2D eigenvalue weighted by Gasteiger charge is 2.25. The van der Waals surface area contributed by atoms with Crippen molar-refractivity contribution in [3.63, 3.8) is 0 Å². The number of amides is 1. The maximum atomic E-state index is 13.2. The molecule has 0 aliphatic heterocycles. The van der Waals surface area contributed by atoms with Crippen LogP contribution in [0.3, 0.4) is 0 Å². The van der Waals surface area contributed by atoms with Crippen molar-refractivity contribution in [1.29, 1.82) is 0 Å². The summed E-state index contributed by atoms with van der Waals surface area (Å²) in [5.41, 5.74) is 3.92. The third-order valence-corrected chi connectivity index (χ3v) is 7.04. The van der Waals surface area contributed by atoms with E-state index >= 15 is 0 Å². The Morgan fingerprint density at radius 1 is 1.12 bits per heavy atom. The van der Waals surface area contributed by atoms with Crippen LogP contribution in [0.25, 0.3) is 21.1 Å². The number of ether oxygens (including phenoxy) is 1. The molecule has 1 amide bonds. The monoisotopic (exact) mass is 472 g/mol. The number of aromatic amines is 1. The predicted molar refractivity (Wildman–Crippen MR) is 133 cm³/mol. The minimum atomic E-state index is -0.802. The third-order valence-electron chi connectivity index (χ3n) is 5.90. The normalized spacial score (nSPS) is 12.2. The molecule has 3 aromatic heterocycles. The van der Waals surface area contributed by atoms with E-state index in [-0.39, 0.29) is 5.91 Å². The molecular formula is C26H24N4O3S. The van der Waals surface area contributed by atoms with Crippen LogP contribution in [0, 0.1) is 6.92 Å². The van der Waals surface area contributed by atoms with Gasteiger partial charge in [-0.1, -0.05) is 48.5 Å². The molecule has 0 aliphatic carbocycles. The highest BCUT2D eigenvalue weighted by Crippen LogP contribution is 2.29. The fraction of sp³-hybridized carbons (Fsp3) is 0.192. The van der Waals surface area contributed by atoms with Gasteiger partial charge in [0.15, 0.2) is 0 Å². The summed E-state index contributed by atoms with van der Waals surface area (Å²) in [5, 5.41) is 9.48. The Labute approximate surface area is 200 Å². The average Bonchev–Trinajstić information content (AvgIpc) is 3.55. The van der Waals surface area contributed by atoms with E-state index in [1.54, 1.807) is 0 Å². The van der Waals surface area contributed by atoms with Gasteiger partial charge in [-0.05, 0) is 30.2 Å². The Hall–Kier alpha value is -3.91. The van der Waals surface area contributed by atoms with E-state index in [0.29, 0.717) is 17.8 Å². The van der Waals surface area contributed by atoms with Gasteiger partial charge in [-0.25, -0.2) is 4.79 Å². The van der Waals surface area contributed by atoms with Crippen molar-refractivity contribution in [2.24, 2.45) is 0 Å². The molecule has 5 aromatic rings. The zero-order valence-electron chi connectivity index (χ0n) is 18.9. The van der Waals surface area contributed by atoms with Gasteiger partial charge in [0, 0.05) is 28.9 Å². The first-order valence-corrected chi connectivity index (χ1v) is 11.8. The van der Waals surface area contributed by atoms with Crippen LogP contribution >= 0.6 is 11.3 Å². The molecule has 0 fully saturated rings. The van der Waals surface area contributed by atoms with Crippen molar-refractivity contribution in [2.45, 2.75) is 25.9 Å². The molecule has 2 aromatic carbocycles. The zero-order valence-corrected chi connectivity index (χ0v) is 19.7. The topological polar surface area (TPSA) is 89.0 Å². The van der Waals surface area contributed by atoms with Gasteiger partial charge in [0.2, 0.25) is 0 Å². The van der Waals surface area contributed by atoms with Gasteiger partial charge in [0.1, 0.15) is 10.9 Å². The molecule has 172 valence electrons. The molecule has 0 radical (unpaired) electrons. The first-order valence-electron chi connectivity index (χ1n) is 11.0. The Balaban J connectivity index is 1.39. The number of hydrogen-bond acceptors (Lipinski definition) is 5. The van der Waals surface area contributed by atoms with Crippen molar-refractivity contribution < 1.29 is 14.3 Å². The van der Waals surface area contributed by atoms with E-state index in [9.17, 15) is 9.59 Å². The number of carbonyl (C=O) groups excluding carboxylic acids is 2. The number of rotatable bonds is 7. The van der Waals surface area contributed by atoms with Gasteiger partial charge in [0.05, 0.1) is 24.2 Å². The summed E-state index contributed by atoms with van der Waals surface area (Å²) in [6.45, 7) is 2.56. The molecule has 0 bridgehead atoms. The first-order chi connectivity index (χ1) is 16.5. The minimum absolute atomic E-state index is 0.304. The van der Waals surface area contributed by atoms with Gasteiger partial charge in [0.25, 0.3) is 5.91 Å². The van der Waals surface area contributed by atoms with Crippen molar-refractivity contribution in [3.05, 3.63) is 88.6 Å². The fourth-order valence-corrected chi connectivity index (χ4v) is 5.24. The summed E-state index contributed by atoms with van der Waals surface area (Å²) in [7, 11) is 1.33. The number of thiophene rings is 1. The van der Waals surface area contributed by atoms with Gasteiger partial charge in [-0.15, -0.1) is 11.3 Å². The van der Waals surface area contributed by atoms with Gasteiger partial charge in [-0.3, -0.25) is 9.48 Å². The minimum Gasteiger partial charge on any atom is -0.467 e. The summed E-state index contributed by atoms with van der Waals surface area (Å²) >= 11 is 1.37. The Morgan fingerprint density at radius 2 is 1.88 bits per heavy atom. The summed E-state index contributed by atoms with van der Waals surface area (Å²) in [4.78, 5) is 30.4. The van der Waals surface area contributed by atoms with E-state index in [4.69, 9.17) is 4.74 Å². The van der Waals surface area contributed by atoms with Crippen LogP contribution in [0.5, 0.6) is 0 Å². The summed E-state index contributed by atoms with van der Waals surface area (Å²) in [6.07, 6.45) is 2.20. The van der Waals surface area contributed by atoms with Crippen LogP contribution in [0.4, 0.5) is 0 Å². The lowest BCUT2D eigenvalue weighted by molar-refractivity contribution is -0.142. The largest absolute Gasteiger partial charge is 0.467 e. The SMILES string of the molecule is COC(=O)[C@@H](Cc1c[nH]c2ccccc12)NC(=O)c1cc2c(C)nn(Cc3ccccc3)c2s1. The standard InChI is InChI=1S/C26H24N4O3S/c1-16-20-13-23(34-25(20)30(29-16)15-17-8-4-3-5-9-17)24(31)28-22(26(32)33-2)12-18-14-27-21-11-7-6-10-19(18)21/h3-11,13-14,22,27H,12,15H2,1-2H3,(H,28,31)/t22-/m1/s1. The molecule has 0 saturated carbocycles. The van der Waals surface area contributed by atoms with Crippen LogP contribution in [0.2, 0.25) is 0 Å². The molecule has 34 heavy (non-hydrogen) atoms. The van der Waals surface area contributed by atoms with E-state index in [0.717, 1.165) is 37.9 Å². The predicted octanol–water partition coefficient (Wildman–Crippen LogP) is 4.45. The smallest absolute Gasteiger partial charge is 0.328 e. The van der Waals surface area contributed by atoms with Crippen molar-refractivity contribution >= 4 is 44.3 Å². The zero-order chi connectivity index (χ0) is 23.7. The number of nitrogens with one attached hydrogen (secondary N) is 2. The fourth-order valence-electron chi connectivity index (χ4n) is 4.17. The number of H-pyrrole nitrogens is 1. The number of carbonyl (C=O) groups is 2. The number of benzene rings is 2. The third kappa shape index (κ3) is 4.20. The van der Waals surface area contributed by atoms with Crippen LogP contribution in [-0.2, 0) is 22.5 Å². The first kappa shape index (κ1) is 21.9. The van der Waals surface area contributed by atoms with Crippen molar-refractivity contribution in [3.8, 4) is 0 Å². The molecule has 1 atom stereocenters. The number of para-hydroxylation sites is 1. The second-order valence-electron chi connectivity index (χ2n) is 8.17. The van der Waals surface area contributed by atoms with Gasteiger partial charge in [-0.2, -0.15) is 5.10 Å². The van der Waals surface area contributed by atoms with Crippen LogP contribution < -0.4 is 5.32 Å². The van der Waals surface area contributed by atoms with Crippen molar-refractivity contribution in [1.82, 2.24) is 20.1 Å². The Kier molecular flexibility index (Phi) is 5.90. The van der Waals surface area contributed by atoms with Crippen LogP contribution in [0.15, 0.2) is 66.9 Å². The molecule has 2 N–H and O–H groups in total. The van der Waals surface area contributed by atoms with Crippen molar-refractivity contribution in [2.75, 3.05) is 7.11 Å². The van der Waals surface area contributed by atoms with Crippen LogP contribution in [0.1, 0.15) is 26.5 Å². The van der Waals surface area contributed by atoms with E-state index in [2.05, 4.69) is 27.5 Å². The Morgan fingerprint density at radius 3 is 2.68 bits per heavy atom. The second kappa shape index (κ2) is 9.15. The summed E-state index contributed by atoms with van der Waals surface area (Å²) < 4.78 is 6.91. The lowest BCUT2D eigenvalue weighted by Gasteiger charge is -2.15. The molecule has 8 heteroatoms. The molecule has 0 saturated heterocycles. The lowest BCUT2D eigenvalue weighted by Crippen LogP contribution is -2.42.